The molecule has 16 heteroatoms. The third-order valence-electron chi connectivity index (χ3n) is 9.35. The summed E-state index contributed by atoms with van der Waals surface area (Å²) >= 11 is 0. The van der Waals surface area contributed by atoms with Gasteiger partial charge in [0.2, 0.25) is 0 Å². The van der Waals surface area contributed by atoms with Gasteiger partial charge in [0.25, 0.3) is 0 Å². The second-order valence-corrected chi connectivity index (χ2v) is 13.5. The van der Waals surface area contributed by atoms with E-state index in [4.69, 9.17) is 47.4 Å². The Morgan fingerprint density at radius 1 is 0.648 bits per heavy atom. The van der Waals surface area contributed by atoms with Gasteiger partial charge in [-0.3, -0.25) is 0 Å². The van der Waals surface area contributed by atoms with Crippen LogP contribution < -0.4 is 4.74 Å². The normalized spacial score (nSPS) is 30.1. The minimum absolute atomic E-state index is 0.0338. The van der Waals surface area contributed by atoms with Gasteiger partial charge < -0.3 is 47.4 Å². The largest absolute Gasteiger partial charge is 0.497 e. The van der Waals surface area contributed by atoms with E-state index >= 15 is 0 Å². The minimum atomic E-state index is -1.20. The zero-order valence-corrected chi connectivity index (χ0v) is 30.7. The van der Waals surface area contributed by atoms with E-state index in [-0.39, 0.29) is 26.4 Å². The summed E-state index contributed by atoms with van der Waals surface area (Å²) in [6.07, 6.45) is -7.08. The summed E-state index contributed by atoms with van der Waals surface area (Å²) in [5, 5.41) is 8.15. The van der Waals surface area contributed by atoms with E-state index in [9.17, 15) is 11.1 Å². The second kappa shape index (κ2) is 18.8. The number of hydrogen-bond donors (Lipinski definition) is 0. The van der Waals surface area contributed by atoms with Gasteiger partial charge in [-0.25, -0.2) is 0 Å². The fourth-order valence-corrected chi connectivity index (χ4v) is 6.84. The van der Waals surface area contributed by atoms with Crippen LogP contribution >= 0.6 is 0 Å². The predicted octanol–water partition coefficient (Wildman–Crippen LogP) is 6.37. The molecular weight excluding hydrogens is 700 g/mol. The number of fused-ring (bicyclic) bond motifs is 1. The molecule has 3 aliphatic rings. The van der Waals surface area contributed by atoms with Crippen LogP contribution in [0.1, 0.15) is 30.5 Å². The Bertz CT molecular complexity index is 1710. The number of ether oxygens (including phenoxy) is 10. The molecule has 0 spiro atoms. The van der Waals surface area contributed by atoms with Crippen molar-refractivity contribution in [3.63, 3.8) is 0 Å². The number of rotatable bonds is 17. The number of hydrogen-bond acceptors (Lipinski definition) is 12. The summed E-state index contributed by atoms with van der Waals surface area (Å²) in [5.41, 5.74) is 22.2. The monoisotopic (exact) mass is 746 g/mol. The average molecular weight is 747 g/mol. The first-order valence-electron chi connectivity index (χ1n) is 17.7. The SMILES string of the molecule is COc1ccc(CO[C@@H]2[C@@H](N=[N+]=[N-])[C@@H](OC)O[C@H](COCc3ccccc3)[C@@H]2O[C@@H]2O[C@H](COCc3ccccc3)[C@@H]3OC(C)(C)O[C@@H]3[C@H]2N=[N+]=[N-])cc1. The Morgan fingerprint density at radius 2 is 1.20 bits per heavy atom. The summed E-state index contributed by atoms with van der Waals surface area (Å²) in [7, 11) is 3.04. The lowest BCUT2D eigenvalue weighted by atomic mass is 9.95. The first kappa shape index (κ1) is 39.4. The van der Waals surface area contributed by atoms with Crippen LogP contribution in [0, 0.1) is 0 Å². The molecule has 0 unspecified atom stereocenters. The minimum Gasteiger partial charge on any atom is -0.497 e. The van der Waals surface area contributed by atoms with E-state index in [1.165, 1.54) is 7.11 Å². The Labute approximate surface area is 313 Å². The van der Waals surface area contributed by atoms with Crippen LogP contribution in [0.5, 0.6) is 5.75 Å². The van der Waals surface area contributed by atoms with Crippen LogP contribution in [0.3, 0.4) is 0 Å². The maximum Gasteiger partial charge on any atom is 0.169 e. The highest BCUT2D eigenvalue weighted by atomic mass is 16.8. The zero-order valence-electron chi connectivity index (χ0n) is 30.7. The van der Waals surface area contributed by atoms with Crippen molar-refractivity contribution >= 4 is 0 Å². The molecule has 3 aromatic rings. The van der Waals surface area contributed by atoms with Gasteiger partial charge in [0, 0.05) is 16.9 Å². The third kappa shape index (κ3) is 9.87. The van der Waals surface area contributed by atoms with Crippen molar-refractivity contribution < 1.29 is 47.4 Å². The van der Waals surface area contributed by atoms with Gasteiger partial charge in [-0.1, -0.05) is 83.0 Å². The topological polar surface area (TPSA) is 190 Å². The first-order chi connectivity index (χ1) is 26.3. The van der Waals surface area contributed by atoms with Crippen molar-refractivity contribution in [3.05, 3.63) is 123 Å². The van der Waals surface area contributed by atoms with E-state index in [0.717, 1.165) is 16.7 Å². The molecule has 16 nitrogen and oxygen atoms in total. The lowest BCUT2D eigenvalue weighted by Crippen LogP contribution is -2.64. The summed E-state index contributed by atoms with van der Waals surface area (Å²) in [6, 6.07) is 24.8. The lowest BCUT2D eigenvalue weighted by Gasteiger charge is -2.47. The lowest BCUT2D eigenvalue weighted by molar-refractivity contribution is -0.327. The molecule has 0 aromatic heterocycles. The molecule has 0 aliphatic carbocycles. The van der Waals surface area contributed by atoms with Gasteiger partial charge >= 0.3 is 0 Å². The molecule has 10 atom stereocenters. The van der Waals surface area contributed by atoms with Crippen molar-refractivity contribution in [1.29, 1.82) is 0 Å². The summed E-state index contributed by atoms with van der Waals surface area (Å²) < 4.78 is 62.3. The Hall–Kier alpha value is -4.28. The highest BCUT2D eigenvalue weighted by Gasteiger charge is 2.57. The number of nitrogens with zero attached hydrogens (tertiary/aromatic N) is 6. The maximum absolute atomic E-state index is 9.76. The summed E-state index contributed by atoms with van der Waals surface area (Å²) in [6.45, 7) is 4.44. The summed E-state index contributed by atoms with van der Waals surface area (Å²) in [4.78, 5) is 6.23. The Balaban J connectivity index is 1.31. The van der Waals surface area contributed by atoms with Crippen molar-refractivity contribution in [3.8, 4) is 5.75 Å². The molecule has 0 amide bonds. The van der Waals surface area contributed by atoms with Crippen LogP contribution in [0.25, 0.3) is 20.9 Å². The molecular formula is C38H46N6O10. The fraction of sp³-hybridized carbons (Fsp3) is 0.526. The van der Waals surface area contributed by atoms with E-state index < -0.39 is 67.1 Å². The quantitative estimate of drug-likeness (QED) is 0.0852. The third-order valence-corrected chi connectivity index (χ3v) is 9.35. The van der Waals surface area contributed by atoms with Gasteiger partial charge in [0.1, 0.15) is 54.5 Å². The standard InChI is InChI=1S/C38H46N6O10/c1-38(2)53-33-29(23-48-20-25-13-9-6-10-14-25)51-37(31(42-44-40)35(33)54-38)52-32-28(22-47-19-24-11-7-5-8-12-24)50-36(46-4)30(41-43-39)34(32)49-21-26-15-17-27(45-3)18-16-26/h5-18,28-37H,19-23H2,1-4H3/t28-,29-,30-,31-,32+,33+,34-,35-,36+,37+/m1/s1. The number of methoxy groups -OCH3 is 2. The van der Waals surface area contributed by atoms with Crippen molar-refractivity contribution in [2.45, 2.75) is 101 Å². The van der Waals surface area contributed by atoms with Gasteiger partial charge in [-0.2, -0.15) is 0 Å². The molecule has 0 N–H and O–H groups in total. The van der Waals surface area contributed by atoms with Gasteiger partial charge in [-0.15, -0.1) is 0 Å². The highest BCUT2D eigenvalue weighted by molar-refractivity contribution is 5.26. The smallest absolute Gasteiger partial charge is 0.169 e. The molecule has 0 radical (unpaired) electrons. The average Bonchev–Trinajstić information content (AvgIpc) is 3.52. The molecule has 3 fully saturated rings. The van der Waals surface area contributed by atoms with Crippen molar-refractivity contribution in [1.82, 2.24) is 0 Å². The van der Waals surface area contributed by atoms with Crippen LogP contribution in [0.4, 0.5) is 0 Å². The molecule has 3 aromatic carbocycles. The van der Waals surface area contributed by atoms with Crippen molar-refractivity contribution in [2.24, 2.45) is 10.2 Å². The van der Waals surface area contributed by atoms with E-state index in [0.29, 0.717) is 12.4 Å². The van der Waals surface area contributed by atoms with Crippen LogP contribution in [-0.4, -0.2) is 94.5 Å². The van der Waals surface area contributed by atoms with Crippen LogP contribution in [0.15, 0.2) is 95.2 Å². The maximum atomic E-state index is 9.76. The zero-order chi connectivity index (χ0) is 37.9. The molecule has 6 rings (SSSR count). The van der Waals surface area contributed by atoms with Crippen molar-refractivity contribution in [2.75, 3.05) is 27.4 Å². The van der Waals surface area contributed by atoms with Crippen LogP contribution in [-0.2, 0) is 62.5 Å². The Morgan fingerprint density at radius 3 is 1.80 bits per heavy atom. The van der Waals surface area contributed by atoms with Gasteiger partial charge in [0.15, 0.2) is 18.4 Å². The van der Waals surface area contributed by atoms with Gasteiger partial charge in [-0.05, 0) is 53.7 Å². The molecule has 288 valence electrons. The molecule has 3 saturated heterocycles. The molecule has 3 heterocycles. The number of benzene rings is 3. The van der Waals surface area contributed by atoms with E-state index in [1.54, 1.807) is 21.0 Å². The van der Waals surface area contributed by atoms with Crippen LogP contribution in [0.2, 0.25) is 0 Å². The molecule has 3 aliphatic heterocycles. The van der Waals surface area contributed by atoms with Gasteiger partial charge in [0.05, 0.1) is 40.1 Å². The first-order valence-corrected chi connectivity index (χ1v) is 17.7. The second-order valence-electron chi connectivity index (χ2n) is 13.5. The molecule has 54 heavy (non-hydrogen) atoms. The predicted molar refractivity (Wildman–Crippen MR) is 193 cm³/mol. The molecule has 0 saturated carbocycles. The molecule has 0 bridgehead atoms. The van der Waals surface area contributed by atoms with E-state index in [1.807, 2.05) is 84.9 Å². The Kier molecular flexibility index (Phi) is 13.8. The fourth-order valence-electron chi connectivity index (χ4n) is 6.84. The van der Waals surface area contributed by atoms with E-state index in [2.05, 4.69) is 20.1 Å². The number of azide groups is 2. The summed E-state index contributed by atoms with van der Waals surface area (Å²) in [5.74, 6) is -0.327. The highest BCUT2D eigenvalue weighted by Crippen LogP contribution is 2.41.